The second-order valence-electron chi connectivity index (χ2n) is 7.14. The molecule has 2 N–H and O–H groups in total. The normalized spacial score (nSPS) is 24.6. The van der Waals surface area contributed by atoms with E-state index in [9.17, 15) is 14.9 Å². The van der Waals surface area contributed by atoms with Crippen LogP contribution in [0, 0.1) is 22.0 Å². The number of likely N-dealkylation sites (tertiary alicyclic amines) is 1. The highest BCUT2D eigenvalue weighted by atomic mass is 35.5. The summed E-state index contributed by atoms with van der Waals surface area (Å²) in [6, 6.07) is 5.14. The molecule has 0 aromatic heterocycles. The number of halogens is 1. The number of nitro groups is 1. The number of nitro benzene ring substituents is 1. The molecule has 2 aliphatic rings. The van der Waals surface area contributed by atoms with Gasteiger partial charge < -0.3 is 15.2 Å². The van der Waals surface area contributed by atoms with E-state index < -0.39 is 10.9 Å². The molecule has 1 saturated heterocycles. The van der Waals surface area contributed by atoms with Gasteiger partial charge in [0.25, 0.3) is 0 Å². The number of carbonyl (C=O) groups is 1. The zero-order valence-corrected chi connectivity index (χ0v) is 16.2. The van der Waals surface area contributed by atoms with Gasteiger partial charge in [-0.05, 0) is 36.3 Å². The minimum atomic E-state index is -0.584. The average molecular weight is 400 g/mol. The molecule has 1 aromatic carbocycles. The smallest absolute Gasteiger partial charge is 0.343 e. The van der Waals surface area contributed by atoms with Crippen LogP contribution in [0.2, 0.25) is 0 Å². The van der Waals surface area contributed by atoms with Crippen LogP contribution in [0.4, 0.5) is 5.69 Å². The summed E-state index contributed by atoms with van der Waals surface area (Å²) < 4.78 is 9.71. The lowest BCUT2D eigenvalue weighted by Crippen LogP contribution is -2.38. The van der Waals surface area contributed by atoms with Crippen molar-refractivity contribution >= 4 is 24.1 Å². The number of rotatable bonds is 6. The molecular weight excluding hydrogens is 374 g/mol. The summed E-state index contributed by atoms with van der Waals surface area (Å²) in [6.45, 7) is 2.23. The predicted molar refractivity (Wildman–Crippen MR) is 102 cm³/mol. The summed E-state index contributed by atoms with van der Waals surface area (Å²) in [7, 11) is 1.24. The molecular formula is C18H26ClN3O5. The molecule has 3 rings (SSSR count). The van der Waals surface area contributed by atoms with Crippen LogP contribution < -0.4 is 10.5 Å². The van der Waals surface area contributed by atoms with Crippen molar-refractivity contribution in [3.8, 4) is 5.75 Å². The first-order chi connectivity index (χ1) is 12.5. The maximum absolute atomic E-state index is 11.4. The van der Waals surface area contributed by atoms with E-state index in [2.05, 4.69) is 9.64 Å². The molecule has 0 amide bonds. The predicted octanol–water partition coefficient (Wildman–Crippen LogP) is 2.13. The second kappa shape index (κ2) is 9.34. The molecule has 1 aliphatic heterocycles. The Labute approximate surface area is 164 Å². The summed E-state index contributed by atoms with van der Waals surface area (Å²) >= 11 is 0. The lowest BCUT2D eigenvalue weighted by Gasteiger charge is -2.29. The van der Waals surface area contributed by atoms with Crippen molar-refractivity contribution in [2.75, 3.05) is 26.8 Å². The van der Waals surface area contributed by atoms with Crippen LogP contribution in [0.3, 0.4) is 0 Å². The average Bonchev–Trinajstić information content (AvgIpc) is 3.04. The molecule has 3 atom stereocenters. The number of esters is 1. The van der Waals surface area contributed by atoms with E-state index in [-0.39, 0.29) is 36.5 Å². The van der Waals surface area contributed by atoms with Crippen LogP contribution in [0.5, 0.6) is 5.75 Å². The highest BCUT2D eigenvalue weighted by Crippen LogP contribution is 2.36. The number of hydrogen-bond acceptors (Lipinski definition) is 7. The van der Waals surface area contributed by atoms with Gasteiger partial charge in [-0.3, -0.25) is 15.0 Å². The molecule has 27 heavy (non-hydrogen) atoms. The number of hydrogen-bond donors (Lipinski definition) is 1. The zero-order valence-electron chi connectivity index (χ0n) is 15.3. The summed E-state index contributed by atoms with van der Waals surface area (Å²) in [4.78, 5) is 24.4. The lowest BCUT2D eigenvalue weighted by atomic mass is 9.78. The quantitative estimate of drug-likeness (QED) is 0.443. The van der Waals surface area contributed by atoms with E-state index in [1.165, 1.54) is 26.0 Å². The fourth-order valence-corrected chi connectivity index (χ4v) is 4.12. The topological polar surface area (TPSA) is 108 Å². The van der Waals surface area contributed by atoms with Gasteiger partial charge in [-0.1, -0.05) is 12.5 Å². The minimum absolute atomic E-state index is 0. The van der Waals surface area contributed by atoms with Crippen molar-refractivity contribution in [1.82, 2.24) is 4.90 Å². The van der Waals surface area contributed by atoms with E-state index in [0.717, 1.165) is 25.1 Å². The minimum Gasteiger partial charge on any atom is -0.475 e. The van der Waals surface area contributed by atoms with Gasteiger partial charge in [-0.15, -0.1) is 12.4 Å². The summed E-state index contributed by atoms with van der Waals surface area (Å²) in [6.07, 6.45) is 3.50. The van der Waals surface area contributed by atoms with Crippen LogP contribution in [-0.2, 0) is 16.1 Å². The van der Waals surface area contributed by atoms with Crippen LogP contribution in [-0.4, -0.2) is 48.6 Å². The van der Waals surface area contributed by atoms with E-state index in [1.54, 1.807) is 6.07 Å². The first-order valence-electron chi connectivity index (χ1n) is 8.92. The summed E-state index contributed by atoms with van der Waals surface area (Å²) in [5.41, 5.74) is 6.97. The number of methoxy groups -OCH3 is 1. The molecule has 8 nitrogen and oxygen atoms in total. The Bertz CT molecular complexity index is 687. The number of carbonyl (C=O) groups excluding carboxylic acids is 1. The van der Waals surface area contributed by atoms with E-state index in [0.29, 0.717) is 18.4 Å². The Hall–Kier alpha value is -1.90. The molecule has 1 aromatic rings. The second-order valence-corrected chi connectivity index (χ2v) is 7.14. The van der Waals surface area contributed by atoms with Crippen molar-refractivity contribution in [2.45, 2.75) is 31.8 Å². The van der Waals surface area contributed by atoms with Gasteiger partial charge in [-0.2, -0.15) is 0 Å². The molecule has 0 bridgehead atoms. The van der Waals surface area contributed by atoms with E-state index in [4.69, 9.17) is 10.5 Å². The van der Waals surface area contributed by atoms with E-state index in [1.807, 2.05) is 6.07 Å². The van der Waals surface area contributed by atoms with Crippen LogP contribution in [0.15, 0.2) is 18.2 Å². The maximum Gasteiger partial charge on any atom is 0.343 e. The SMILES string of the molecule is COC(=O)COc1ccc(CN2CC3CCCC(N)C3C2)cc1[N+](=O)[O-].Cl. The van der Waals surface area contributed by atoms with Gasteiger partial charge in [0.05, 0.1) is 12.0 Å². The maximum atomic E-state index is 11.4. The van der Waals surface area contributed by atoms with Gasteiger partial charge in [-0.25, -0.2) is 4.79 Å². The zero-order chi connectivity index (χ0) is 18.7. The molecule has 0 radical (unpaired) electrons. The molecule has 9 heteroatoms. The fraction of sp³-hybridized carbons (Fsp3) is 0.611. The number of fused-ring (bicyclic) bond motifs is 1. The fourth-order valence-electron chi connectivity index (χ4n) is 4.12. The van der Waals surface area contributed by atoms with Crippen LogP contribution in [0.25, 0.3) is 0 Å². The van der Waals surface area contributed by atoms with Gasteiger partial charge in [0.2, 0.25) is 0 Å². The highest BCUT2D eigenvalue weighted by Gasteiger charge is 2.38. The number of benzene rings is 1. The third-order valence-corrected chi connectivity index (χ3v) is 5.43. The van der Waals surface area contributed by atoms with Gasteiger partial charge in [0.15, 0.2) is 12.4 Å². The monoisotopic (exact) mass is 399 g/mol. The molecule has 0 spiro atoms. The van der Waals surface area contributed by atoms with Crippen LogP contribution >= 0.6 is 12.4 Å². The first-order valence-corrected chi connectivity index (χ1v) is 8.92. The standard InChI is InChI=1S/C18H25N3O5.ClH/c1-25-18(22)11-26-17-6-5-12(7-16(17)21(23)24)8-20-9-13-3-2-4-15(19)14(13)10-20;/h5-7,13-15H,2-4,8-11,19H2,1H3;1H. The molecule has 2 fully saturated rings. The van der Waals surface area contributed by atoms with Gasteiger partial charge >= 0.3 is 11.7 Å². The van der Waals surface area contributed by atoms with Crippen molar-refractivity contribution in [3.05, 3.63) is 33.9 Å². The number of nitrogens with zero attached hydrogens (tertiary/aromatic N) is 2. The largest absolute Gasteiger partial charge is 0.475 e. The van der Waals surface area contributed by atoms with Crippen molar-refractivity contribution in [2.24, 2.45) is 17.6 Å². The number of ether oxygens (including phenoxy) is 2. The Morgan fingerprint density at radius 1 is 1.37 bits per heavy atom. The van der Waals surface area contributed by atoms with Crippen molar-refractivity contribution < 1.29 is 19.2 Å². The molecule has 150 valence electrons. The van der Waals surface area contributed by atoms with Crippen LogP contribution in [0.1, 0.15) is 24.8 Å². The Morgan fingerprint density at radius 3 is 2.81 bits per heavy atom. The Balaban J connectivity index is 0.00000261. The highest BCUT2D eigenvalue weighted by molar-refractivity contribution is 5.85. The van der Waals surface area contributed by atoms with Crippen molar-refractivity contribution in [3.63, 3.8) is 0 Å². The Morgan fingerprint density at radius 2 is 2.15 bits per heavy atom. The van der Waals surface area contributed by atoms with Gasteiger partial charge in [0, 0.05) is 31.7 Å². The summed E-state index contributed by atoms with van der Waals surface area (Å²) in [5.74, 6) is 0.651. The van der Waals surface area contributed by atoms with Crippen molar-refractivity contribution in [1.29, 1.82) is 0 Å². The van der Waals surface area contributed by atoms with Gasteiger partial charge in [0.1, 0.15) is 0 Å². The molecule has 3 unspecified atom stereocenters. The third kappa shape index (κ3) is 5.09. The summed E-state index contributed by atoms with van der Waals surface area (Å²) in [5, 5.41) is 11.4. The lowest BCUT2D eigenvalue weighted by molar-refractivity contribution is -0.385. The molecule has 1 saturated carbocycles. The van der Waals surface area contributed by atoms with E-state index >= 15 is 0 Å². The molecule has 1 heterocycles. The first kappa shape index (κ1) is 21.4. The Kier molecular flexibility index (Phi) is 7.41. The molecule has 1 aliphatic carbocycles. The number of nitrogens with two attached hydrogens (primary N) is 1. The third-order valence-electron chi connectivity index (χ3n) is 5.43.